The summed E-state index contributed by atoms with van der Waals surface area (Å²) in [6, 6.07) is 6.46. The number of rotatable bonds is 6. The molecule has 2 aromatic rings. The number of anilines is 1. The van der Waals surface area contributed by atoms with E-state index in [0.29, 0.717) is 17.8 Å². The molecule has 3 rings (SSSR count). The molecule has 8 nitrogen and oxygen atoms in total. The Hall–Kier alpha value is -3.46. The molecule has 1 aliphatic rings. The molecule has 34 heavy (non-hydrogen) atoms. The first kappa shape index (κ1) is 25.2. The summed E-state index contributed by atoms with van der Waals surface area (Å²) in [5, 5.41) is 12.5. The van der Waals surface area contributed by atoms with Gasteiger partial charge in [-0.25, -0.2) is 14.2 Å². The van der Waals surface area contributed by atoms with E-state index in [-0.39, 0.29) is 42.7 Å². The molecule has 2 heterocycles. The Morgan fingerprint density at radius 2 is 2.12 bits per heavy atom. The fraction of sp³-hybridized carbons (Fsp3) is 0.400. The van der Waals surface area contributed by atoms with Crippen LogP contribution in [0, 0.1) is 11.7 Å². The fourth-order valence-corrected chi connectivity index (χ4v) is 3.72. The molecule has 1 aromatic heterocycles. The predicted octanol–water partition coefficient (Wildman–Crippen LogP) is 3.64. The molecule has 9 heteroatoms. The van der Waals surface area contributed by atoms with Gasteiger partial charge in [-0.3, -0.25) is 4.79 Å². The van der Waals surface area contributed by atoms with Crippen LogP contribution in [0.15, 0.2) is 42.6 Å². The number of hydrogen-bond acceptors (Lipinski definition) is 5. The average Bonchev–Trinajstić information content (AvgIpc) is 2.82. The zero-order valence-electron chi connectivity index (χ0n) is 19.9. The van der Waals surface area contributed by atoms with Crippen LogP contribution in [0.3, 0.4) is 0 Å². The van der Waals surface area contributed by atoms with E-state index in [0.717, 1.165) is 5.56 Å². The third-order valence-electron chi connectivity index (χ3n) is 5.80. The van der Waals surface area contributed by atoms with E-state index >= 15 is 0 Å². The number of amides is 3. The lowest BCUT2D eigenvalue weighted by atomic mass is 10.00. The lowest BCUT2D eigenvalue weighted by molar-refractivity contribution is 0.0356. The number of nitrogens with one attached hydrogen (secondary N) is 1. The lowest BCUT2D eigenvalue weighted by Crippen LogP contribution is -2.50. The highest BCUT2D eigenvalue weighted by molar-refractivity contribution is 5.97. The second-order valence-electron chi connectivity index (χ2n) is 8.56. The standard InChI is InChI=1S/C25H31FN4O4/c1-5-6-18-11-21-23(27-12-18)34-22(16(2)13-30(24(21)32)17(3)15-31)14-29(4)25(33)28-20-9-7-19(26)8-10-20/h5-12,16-17,22,31H,13-15H2,1-4H3,(H,28,33)/t16-,17-,22-/m0/s1. The van der Waals surface area contributed by atoms with Crippen LogP contribution < -0.4 is 10.1 Å². The smallest absolute Gasteiger partial charge is 0.321 e. The number of fused-ring (bicyclic) bond motifs is 1. The molecular formula is C25H31FN4O4. The maximum atomic E-state index is 13.3. The minimum atomic E-state index is -0.468. The van der Waals surface area contributed by atoms with Gasteiger partial charge in [-0.05, 0) is 49.7 Å². The summed E-state index contributed by atoms with van der Waals surface area (Å²) < 4.78 is 19.3. The number of hydrogen-bond donors (Lipinski definition) is 2. The van der Waals surface area contributed by atoms with Crippen LogP contribution in [0.1, 0.15) is 36.7 Å². The predicted molar refractivity (Wildman–Crippen MR) is 128 cm³/mol. The molecule has 0 saturated carbocycles. The van der Waals surface area contributed by atoms with Crippen molar-refractivity contribution >= 4 is 23.7 Å². The number of carbonyl (C=O) groups excluding carboxylic acids is 2. The van der Waals surface area contributed by atoms with Crippen LogP contribution in [0.25, 0.3) is 6.08 Å². The number of allylic oxidation sites excluding steroid dienone is 1. The zero-order valence-corrected chi connectivity index (χ0v) is 19.9. The van der Waals surface area contributed by atoms with Gasteiger partial charge in [0.2, 0.25) is 5.88 Å². The maximum absolute atomic E-state index is 13.3. The number of carbonyl (C=O) groups is 2. The minimum absolute atomic E-state index is 0.163. The molecule has 0 radical (unpaired) electrons. The number of ether oxygens (including phenoxy) is 1. The van der Waals surface area contributed by atoms with Crippen molar-refractivity contribution in [1.82, 2.24) is 14.8 Å². The Morgan fingerprint density at radius 3 is 2.76 bits per heavy atom. The van der Waals surface area contributed by atoms with Gasteiger partial charge in [0.25, 0.3) is 5.91 Å². The molecule has 0 aliphatic carbocycles. The van der Waals surface area contributed by atoms with Crippen molar-refractivity contribution in [3.63, 3.8) is 0 Å². The van der Waals surface area contributed by atoms with Crippen molar-refractivity contribution in [2.75, 3.05) is 32.1 Å². The van der Waals surface area contributed by atoms with E-state index in [1.807, 2.05) is 26.0 Å². The fourth-order valence-electron chi connectivity index (χ4n) is 3.72. The van der Waals surface area contributed by atoms with Crippen molar-refractivity contribution < 1.29 is 23.8 Å². The third-order valence-corrected chi connectivity index (χ3v) is 5.80. The van der Waals surface area contributed by atoms with Gasteiger partial charge in [0.1, 0.15) is 17.5 Å². The van der Waals surface area contributed by atoms with E-state index in [9.17, 15) is 19.1 Å². The van der Waals surface area contributed by atoms with E-state index in [1.54, 1.807) is 31.1 Å². The Kier molecular flexibility index (Phi) is 8.22. The average molecular weight is 471 g/mol. The molecule has 0 saturated heterocycles. The van der Waals surface area contributed by atoms with Crippen molar-refractivity contribution in [2.24, 2.45) is 5.92 Å². The van der Waals surface area contributed by atoms with Gasteiger partial charge in [-0.1, -0.05) is 19.1 Å². The summed E-state index contributed by atoms with van der Waals surface area (Å²) in [6.45, 7) is 5.97. The topological polar surface area (TPSA) is 95.0 Å². The van der Waals surface area contributed by atoms with Crippen molar-refractivity contribution in [1.29, 1.82) is 0 Å². The van der Waals surface area contributed by atoms with E-state index < -0.39 is 12.1 Å². The highest BCUT2D eigenvalue weighted by Gasteiger charge is 2.34. The van der Waals surface area contributed by atoms with Crippen LogP contribution in [-0.2, 0) is 0 Å². The van der Waals surface area contributed by atoms with Crippen LogP contribution in [0.5, 0.6) is 5.88 Å². The summed E-state index contributed by atoms with van der Waals surface area (Å²) in [6.07, 6.45) is 4.85. The van der Waals surface area contributed by atoms with Gasteiger partial charge in [-0.2, -0.15) is 0 Å². The first-order valence-corrected chi connectivity index (χ1v) is 11.2. The summed E-state index contributed by atoms with van der Waals surface area (Å²) in [5.41, 5.74) is 1.55. The van der Waals surface area contributed by atoms with Gasteiger partial charge < -0.3 is 25.0 Å². The Labute approximate surface area is 199 Å². The highest BCUT2D eigenvalue weighted by atomic mass is 19.1. The van der Waals surface area contributed by atoms with Gasteiger partial charge in [-0.15, -0.1) is 0 Å². The number of benzene rings is 1. The molecule has 1 aliphatic heterocycles. The summed E-state index contributed by atoms with van der Waals surface area (Å²) in [5.74, 6) is -0.618. The van der Waals surface area contributed by atoms with E-state index in [2.05, 4.69) is 10.3 Å². The Bertz CT molecular complexity index is 1040. The second kappa shape index (κ2) is 11.1. The molecule has 3 amide bonds. The van der Waals surface area contributed by atoms with Crippen LogP contribution in [0.4, 0.5) is 14.9 Å². The molecular weight excluding hydrogens is 439 g/mol. The molecule has 0 bridgehead atoms. The molecule has 182 valence electrons. The van der Waals surface area contributed by atoms with Crippen molar-refractivity contribution in [2.45, 2.75) is 32.9 Å². The van der Waals surface area contributed by atoms with Crippen LogP contribution >= 0.6 is 0 Å². The Morgan fingerprint density at radius 1 is 1.41 bits per heavy atom. The van der Waals surface area contributed by atoms with E-state index in [4.69, 9.17) is 4.74 Å². The SMILES string of the molecule is CC=Cc1cnc2c(c1)C(=O)N([C@@H](C)CO)C[C@H](C)[C@H](CN(C)C(=O)Nc1ccc(F)cc1)O2. The van der Waals surface area contributed by atoms with Gasteiger partial charge in [0.15, 0.2) is 0 Å². The lowest BCUT2D eigenvalue weighted by Gasteiger charge is -2.37. The van der Waals surface area contributed by atoms with Crippen LogP contribution in [-0.4, -0.2) is 70.7 Å². The van der Waals surface area contributed by atoms with Crippen LogP contribution in [0.2, 0.25) is 0 Å². The van der Waals surface area contributed by atoms with E-state index in [1.165, 1.54) is 29.2 Å². The number of pyridine rings is 1. The highest BCUT2D eigenvalue weighted by Crippen LogP contribution is 2.27. The summed E-state index contributed by atoms with van der Waals surface area (Å²) >= 11 is 0. The summed E-state index contributed by atoms with van der Waals surface area (Å²) in [4.78, 5) is 33.5. The normalized spacial score (nSPS) is 19.1. The minimum Gasteiger partial charge on any atom is -0.472 e. The first-order chi connectivity index (χ1) is 16.2. The molecule has 0 fully saturated rings. The summed E-state index contributed by atoms with van der Waals surface area (Å²) in [7, 11) is 1.64. The number of halogens is 1. The van der Waals surface area contributed by atoms with Gasteiger partial charge >= 0.3 is 6.03 Å². The van der Waals surface area contributed by atoms with Gasteiger partial charge in [0.05, 0.1) is 19.2 Å². The molecule has 0 spiro atoms. The number of likely N-dealkylation sites (N-methyl/N-ethyl adjacent to an activating group) is 1. The zero-order chi connectivity index (χ0) is 24.8. The number of aliphatic hydroxyl groups excluding tert-OH is 1. The third kappa shape index (κ3) is 5.91. The molecule has 2 N–H and O–H groups in total. The largest absolute Gasteiger partial charge is 0.472 e. The molecule has 0 unspecified atom stereocenters. The number of aromatic nitrogens is 1. The monoisotopic (exact) mass is 470 g/mol. The molecule has 3 atom stereocenters. The number of urea groups is 1. The second-order valence-corrected chi connectivity index (χ2v) is 8.56. The quantitative estimate of drug-likeness (QED) is 0.672. The number of nitrogens with zero attached hydrogens (tertiary/aromatic N) is 3. The van der Waals surface area contributed by atoms with Crippen molar-refractivity contribution in [3.05, 3.63) is 59.5 Å². The van der Waals surface area contributed by atoms with Gasteiger partial charge in [0, 0.05) is 31.4 Å². The van der Waals surface area contributed by atoms with Crippen molar-refractivity contribution in [3.8, 4) is 5.88 Å². The Balaban J connectivity index is 1.85. The first-order valence-electron chi connectivity index (χ1n) is 11.2. The molecule has 1 aromatic carbocycles. The maximum Gasteiger partial charge on any atom is 0.321 e. The number of aliphatic hydroxyl groups is 1.